The summed E-state index contributed by atoms with van der Waals surface area (Å²) in [4.78, 5) is 11.0. The van der Waals surface area contributed by atoms with Crippen molar-refractivity contribution in [2.75, 3.05) is 0 Å². The highest BCUT2D eigenvalue weighted by Crippen LogP contribution is 2.45. The van der Waals surface area contributed by atoms with Crippen molar-refractivity contribution in [2.45, 2.75) is 24.6 Å². The molecule has 1 aliphatic rings. The number of hydrogen-bond acceptors (Lipinski definition) is 3. The number of nitrogens with zero attached hydrogens (tertiary/aromatic N) is 1. The minimum Gasteiger partial charge on any atom is -0.405 e. The molecule has 94 valence electrons. The SMILES string of the molecule is N#CC1(c2ccccc2OC(F)(F)F)CC(=O)C1. The molecule has 18 heavy (non-hydrogen) atoms. The van der Waals surface area contributed by atoms with Crippen LogP contribution in [0, 0.1) is 11.3 Å². The lowest BCUT2D eigenvalue weighted by Gasteiger charge is -2.35. The Morgan fingerprint density at radius 3 is 2.39 bits per heavy atom. The van der Waals surface area contributed by atoms with Crippen molar-refractivity contribution in [1.82, 2.24) is 0 Å². The Hall–Kier alpha value is -2.03. The molecule has 0 amide bonds. The largest absolute Gasteiger partial charge is 0.573 e. The molecule has 6 heteroatoms. The van der Waals surface area contributed by atoms with E-state index in [1.165, 1.54) is 18.2 Å². The topological polar surface area (TPSA) is 50.1 Å². The smallest absolute Gasteiger partial charge is 0.405 e. The van der Waals surface area contributed by atoms with Crippen molar-refractivity contribution >= 4 is 5.78 Å². The van der Waals surface area contributed by atoms with Crippen molar-refractivity contribution < 1.29 is 22.7 Å². The fourth-order valence-electron chi connectivity index (χ4n) is 2.03. The van der Waals surface area contributed by atoms with Gasteiger partial charge in [-0.1, -0.05) is 18.2 Å². The standard InChI is InChI=1S/C12H8F3NO2/c13-12(14,15)18-10-4-2-1-3-9(10)11(7-16)5-8(17)6-11/h1-4H,5-6H2. The van der Waals surface area contributed by atoms with Crippen molar-refractivity contribution in [2.24, 2.45) is 0 Å². The molecule has 0 saturated heterocycles. The second-order valence-corrected chi connectivity index (χ2v) is 4.13. The molecular formula is C12H8F3NO2. The van der Waals surface area contributed by atoms with Gasteiger partial charge in [0.05, 0.1) is 11.5 Å². The molecule has 0 N–H and O–H groups in total. The fourth-order valence-corrected chi connectivity index (χ4v) is 2.03. The molecule has 1 saturated carbocycles. The van der Waals surface area contributed by atoms with E-state index in [2.05, 4.69) is 4.74 Å². The number of nitriles is 1. The van der Waals surface area contributed by atoms with Crippen molar-refractivity contribution in [3.8, 4) is 11.8 Å². The number of alkyl halides is 3. The van der Waals surface area contributed by atoms with Crippen molar-refractivity contribution in [3.63, 3.8) is 0 Å². The molecule has 0 atom stereocenters. The van der Waals surface area contributed by atoms with E-state index < -0.39 is 17.5 Å². The summed E-state index contributed by atoms with van der Waals surface area (Å²) in [5, 5.41) is 9.09. The Bertz CT molecular complexity index is 523. The Morgan fingerprint density at radius 1 is 1.28 bits per heavy atom. The lowest BCUT2D eigenvalue weighted by atomic mass is 9.64. The molecule has 3 nitrogen and oxygen atoms in total. The number of ketones is 1. The minimum atomic E-state index is -4.82. The first-order valence-corrected chi connectivity index (χ1v) is 5.14. The Kier molecular flexibility index (Phi) is 2.77. The fraction of sp³-hybridized carbons (Fsp3) is 0.333. The van der Waals surface area contributed by atoms with Gasteiger partial charge in [-0.3, -0.25) is 4.79 Å². The zero-order valence-corrected chi connectivity index (χ0v) is 9.12. The van der Waals surface area contributed by atoms with Crippen LogP contribution in [0.4, 0.5) is 13.2 Å². The third-order valence-electron chi connectivity index (χ3n) is 2.84. The summed E-state index contributed by atoms with van der Waals surface area (Å²) in [6.45, 7) is 0. The quantitative estimate of drug-likeness (QED) is 0.816. The van der Waals surface area contributed by atoms with Crippen LogP contribution >= 0.6 is 0 Å². The van der Waals surface area contributed by atoms with E-state index in [4.69, 9.17) is 5.26 Å². The molecule has 0 heterocycles. The van der Waals surface area contributed by atoms with E-state index >= 15 is 0 Å². The molecule has 0 aromatic heterocycles. The molecule has 1 aliphatic carbocycles. The highest BCUT2D eigenvalue weighted by atomic mass is 19.4. The first kappa shape index (κ1) is 12.4. The van der Waals surface area contributed by atoms with Gasteiger partial charge in [0, 0.05) is 18.4 Å². The van der Waals surface area contributed by atoms with Crippen molar-refractivity contribution in [1.29, 1.82) is 5.26 Å². The number of para-hydroxylation sites is 1. The van der Waals surface area contributed by atoms with Crippen LogP contribution in [0.2, 0.25) is 0 Å². The number of carbonyl (C=O) groups excluding carboxylic acids is 1. The lowest BCUT2D eigenvalue weighted by Crippen LogP contribution is -2.41. The van der Waals surface area contributed by atoms with E-state index in [-0.39, 0.29) is 24.2 Å². The summed E-state index contributed by atoms with van der Waals surface area (Å²) in [6, 6.07) is 7.35. The van der Waals surface area contributed by atoms with Gasteiger partial charge in [0.1, 0.15) is 11.5 Å². The number of benzene rings is 1. The van der Waals surface area contributed by atoms with Gasteiger partial charge >= 0.3 is 6.36 Å². The van der Waals surface area contributed by atoms with Gasteiger partial charge in [-0.2, -0.15) is 5.26 Å². The Labute approximate surface area is 101 Å². The number of ether oxygens (including phenoxy) is 1. The van der Waals surface area contributed by atoms with Crippen LogP contribution in [0.15, 0.2) is 24.3 Å². The molecule has 1 fully saturated rings. The van der Waals surface area contributed by atoms with Gasteiger partial charge < -0.3 is 4.74 Å². The summed E-state index contributed by atoms with van der Waals surface area (Å²) in [5.74, 6) is -0.558. The van der Waals surface area contributed by atoms with Crippen LogP contribution in [-0.2, 0) is 10.2 Å². The second kappa shape index (κ2) is 4.02. The van der Waals surface area contributed by atoms with Gasteiger partial charge in [0.2, 0.25) is 0 Å². The maximum atomic E-state index is 12.2. The lowest BCUT2D eigenvalue weighted by molar-refractivity contribution is -0.275. The highest BCUT2D eigenvalue weighted by molar-refractivity contribution is 5.90. The zero-order valence-electron chi connectivity index (χ0n) is 9.12. The van der Waals surface area contributed by atoms with E-state index in [9.17, 15) is 18.0 Å². The summed E-state index contributed by atoms with van der Waals surface area (Å²) < 4.78 is 40.6. The number of rotatable bonds is 2. The zero-order chi connectivity index (χ0) is 13.4. The van der Waals surface area contributed by atoms with Gasteiger partial charge in [0.15, 0.2) is 0 Å². The average molecular weight is 255 g/mol. The van der Waals surface area contributed by atoms with Crippen LogP contribution in [0.5, 0.6) is 5.75 Å². The highest BCUT2D eigenvalue weighted by Gasteiger charge is 2.48. The predicted octanol–water partition coefficient (Wildman–Crippen LogP) is 2.71. The first-order valence-electron chi connectivity index (χ1n) is 5.14. The molecule has 0 spiro atoms. The molecule has 1 aromatic carbocycles. The monoisotopic (exact) mass is 255 g/mol. The average Bonchev–Trinajstić information content (AvgIpc) is 2.23. The van der Waals surface area contributed by atoms with Crippen LogP contribution in [-0.4, -0.2) is 12.1 Å². The second-order valence-electron chi connectivity index (χ2n) is 4.13. The predicted molar refractivity (Wildman–Crippen MR) is 54.7 cm³/mol. The van der Waals surface area contributed by atoms with Crippen LogP contribution in [0.1, 0.15) is 18.4 Å². The summed E-state index contributed by atoms with van der Waals surface area (Å²) in [7, 11) is 0. The van der Waals surface area contributed by atoms with E-state index in [0.717, 1.165) is 6.07 Å². The summed E-state index contributed by atoms with van der Waals surface area (Å²) >= 11 is 0. The summed E-state index contributed by atoms with van der Waals surface area (Å²) in [6.07, 6.45) is -4.95. The maximum Gasteiger partial charge on any atom is 0.573 e. The Balaban J connectivity index is 2.40. The third kappa shape index (κ3) is 2.16. The van der Waals surface area contributed by atoms with Crippen LogP contribution in [0.25, 0.3) is 0 Å². The van der Waals surface area contributed by atoms with Gasteiger partial charge in [-0.05, 0) is 6.07 Å². The third-order valence-corrected chi connectivity index (χ3v) is 2.84. The number of hydrogen-bond donors (Lipinski definition) is 0. The molecule has 0 radical (unpaired) electrons. The first-order chi connectivity index (χ1) is 8.36. The normalized spacial score (nSPS) is 17.8. The van der Waals surface area contributed by atoms with Gasteiger partial charge in [-0.25, -0.2) is 0 Å². The minimum absolute atomic E-state index is 0.0677. The number of Topliss-reactive ketones (excluding diaryl/α,β-unsaturated/α-hetero) is 1. The molecular weight excluding hydrogens is 247 g/mol. The van der Waals surface area contributed by atoms with Crippen molar-refractivity contribution in [3.05, 3.63) is 29.8 Å². The van der Waals surface area contributed by atoms with Crippen LogP contribution < -0.4 is 4.74 Å². The number of carbonyl (C=O) groups is 1. The molecule has 0 bridgehead atoms. The van der Waals surface area contributed by atoms with Crippen LogP contribution in [0.3, 0.4) is 0 Å². The van der Waals surface area contributed by atoms with E-state index in [1.807, 2.05) is 6.07 Å². The molecule has 2 rings (SSSR count). The van der Waals surface area contributed by atoms with E-state index in [0.29, 0.717) is 0 Å². The summed E-state index contributed by atoms with van der Waals surface area (Å²) in [5.41, 5.74) is -1.07. The maximum absolute atomic E-state index is 12.2. The van der Waals surface area contributed by atoms with E-state index in [1.54, 1.807) is 0 Å². The number of halogens is 3. The van der Waals surface area contributed by atoms with Gasteiger partial charge in [0.25, 0.3) is 0 Å². The van der Waals surface area contributed by atoms with Gasteiger partial charge in [-0.15, -0.1) is 13.2 Å². The molecule has 0 unspecified atom stereocenters. The molecule has 1 aromatic rings. The molecule has 0 aliphatic heterocycles. The Morgan fingerprint density at radius 2 is 1.89 bits per heavy atom.